The van der Waals surface area contributed by atoms with Crippen LogP contribution in [0.25, 0.3) is 5.69 Å². The molecule has 0 bridgehead atoms. The summed E-state index contributed by atoms with van der Waals surface area (Å²) in [5.41, 5.74) is 0.461. The van der Waals surface area contributed by atoms with Gasteiger partial charge in [0.25, 0.3) is 0 Å². The van der Waals surface area contributed by atoms with Crippen molar-refractivity contribution in [1.82, 2.24) is 19.7 Å². The maximum atomic E-state index is 14.0. The smallest absolute Gasteiger partial charge is 0.316 e. The van der Waals surface area contributed by atoms with Gasteiger partial charge in [0.05, 0.1) is 12.2 Å². The summed E-state index contributed by atoms with van der Waals surface area (Å²) in [5, 5.41) is 7.85. The Labute approximate surface area is 167 Å². The lowest BCUT2D eigenvalue weighted by Crippen LogP contribution is -2.31. The van der Waals surface area contributed by atoms with Crippen LogP contribution in [0.2, 0.25) is 0 Å². The molecule has 1 N–H and O–H groups in total. The van der Waals surface area contributed by atoms with E-state index in [2.05, 4.69) is 10.4 Å². The van der Waals surface area contributed by atoms with Crippen molar-refractivity contribution >= 4 is 12.4 Å². The van der Waals surface area contributed by atoms with Gasteiger partial charge in [-0.3, -0.25) is 0 Å². The molecule has 1 atom stereocenters. The number of piperidine rings is 1. The number of hydrogen-bond donors (Lipinski definition) is 1. The fourth-order valence-corrected chi connectivity index (χ4v) is 3.51. The first kappa shape index (κ1) is 20.2. The Kier molecular flexibility index (Phi) is 6.26. The van der Waals surface area contributed by atoms with E-state index in [-0.39, 0.29) is 36.1 Å². The van der Waals surface area contributed by atoms with Crippen LogP contribution in [0, 0.1) is 11.6 Å². The molecule has 5 nitrogen and oxygen atoms in total. The third kappa shape index (κ3) is 4.00. The van der Waals surface area contributed by atoms with Gasteiger partial charge >= 0.3 is 5.69 Å². The molecule has 28 heavy (non-hydrogen) atoms. The van der Waals surface area contributed by atoms with Crippen molar-refractivity contribution in [3.63, 3.8) is 0 Å². The van der Waals surface area contributed by atoms with E-state index in [1.807, 2.05) is 30.3 Å². The molecule has 1 fully saturated rings. The Hall–Kier alpha value is -2.51. The van der Waals surface area contributed by atoms with E-state index in [0.717, 1.165) is 44.1 Å². The minimum Gasteiger partial charge on any atom is -0.316 e. The van der Waals surface area contributed by atoms with Crippen molar-refractivity contribution in [2.45, 2.75) is 25.3 Å². The second-order valence-corrected chi connectivity index (χ2v) is 6.75. The summed E-state index contributed by atoms with van der Waals surface area (Å²) in [6.45, 7) is 1.56. The fourth-order valence-electron chi connectivity index (χ4n) is 3.51. The standard InChI is InChI=1S/C20H20F2N4O.ClH/c21-16-8-9-18(22)15(11-16)13-25-20(27)26(17-6-2-1-3-7-17)19(24-25)14-5-4-10-23-12-14;/h1-3,6-9,11,14,23H,4-5,10,12-13H2;1H. The molecule has 3 aromatic rings. The maximum absolute atomic E-state index is 14.0. The van der Waals surface area contributed by atoms with Crippen LogP contribution in [0.5, 0.6) is 0 Å². The maximum Gasteiger partial charge on any atom is 0.350 e. The van der Waals surface area contributed by atoms with E-state index in [4.69, 9.17) is 0 Å². The number of nitrogens with one attached hydrogen (secondary N) is 1. The van der Waals surface area contributed by atoms with Crippen LogP contribution in [-0.4, -0.2) is 27.4 Å². The summed E-state index contributed by atoms with van der Waals surface area (Å²) >= 11 is 0. The molecule has 148 valence electrons. The quantitative estimate of drug-likeness (QED) is 0.723. The number of para-hydroxylation sites is 1. The monoisotopic (exact) mass is 406 g/mol. The summed E-state index contributed by atoms with van der Waals surface area (Å²) in [4.78, 5) is 13.1. The van der Waals surface area contributed by atoms with Gasteiger partial charge in [-0.25, -0.2) is 22.8 Å². The van der Waals surface area contributed by atoms with Gasteiger partial charge in [-0.1, -0.05) is 18.2 Å². The Morgan fingerprint density at radius 2 is 1.93 bits per heavy atom. The molecule has 2 heterocycles. The van der Waals surface area contributed by atoms with Crippen LogP contribution in [0.3, 0.4) is 0 Å². The van der Waals surface area contributed by atoms with Gasteiger partial charge in [-0.2, -0.15) is 5.10 Å². The predicted octanol–water partition coefficient (Wildman–Crippen LogP) is 3.25. The summed E-state index contributed by atoms with van der Waals surface area (Å²) in [6, 6.07) is 12.5. The van der Waals surface area contributed by atoms with E-state index in [9.17, 15) is 13.6 Å². The second kappa shape index (κ2) is 8.67. The van der Waals surface area contributed by atoms with E-state index in [0.29, 0.717) is 11.5 Å². The zero-order chi connectivity index (χ0) is 18.8. The van der Waals surface area contributed by atoms with Crippen LogP contribution < -0.4 is 11.0 Å². The molecule has 0 saturated carbocycles. The topological polar surface area (TPSA) is 51.9 Å². The lowest BCUT2D eigenvalue weighted by atomic mass is 9.99. The first-order chi connectivity index (χ1) is 13.1. The largest absolute Gasteiger partial charge is 0.350 e. The highest BCUT2D eigenvalue weighted by molar-refractivity contribution is 5.85. The van der Waals surface area contributed by atoms with Crippen LogP contribution in [0.15, 0.2) is 53.3 Å². The Morgan fingerprint density at radius 3 is 2.64 bits per heavy atom. The highest BCUT2D eigenvalue weighted by atomic mass is 35.5. The van der Waals surface area contributed by atoms with Gasteiger partial charge in [-0.05, 0) is 49.7 Å². The molecular weight excluding hydrogens is 386 g/mol. The Balaban J connectivity index is 0.00000225. The molecule has 1 saturated heterocycles. The number of nitrogens with zero attached hydrogens (tertiary/aromatic N) is 3. The van der Waals surface area contributed by atoms with Gasteiger partial charge in [0, 0.05) is 18.0 Å². The minimum absolute atomic E-state index is 0. The predicted molar refractivity (Wildman–Crippen MR) is 105 cm³/mol. The third-order valence-corrected chi connectivity index (χ3v) is 4.87. The number of benzene rings is 2. The van der Waals surface area contributed by atoms with Crippen molar-refractivity contribution < 1.29 is 8.78 Å². The van der Waals surface area contributed by atoms with E-state index >= 15 is 0 Å². The van der Waals surface area contributed by atoms with Crippen LogP contribution in [-0.2, 0) is 6.54 Å². The molecule has 0 spiro atoms. The summed E-state index contributed by atoms with van der Waals surface area (Å²) in [7, 11) is 0. The molecule has 0 radical (unpaired) electrons. The molecule has 1 aromatic heterocycles. The van der Waals surface area contributed by atoms with E-state index < -0.39 is 11.6 Å². The van der Waals surface area contributed by atoms with Crippen molar-refractivity contribution in [2.75, 3.05) is 13.1 Å². The van der Waals surface area contributed by atoms with Gasteiger partial charge in [0.1, 0.15) is 17.5 Å². The molecule has 2 aromatic carbocycles. The first-order valence-corrected chi connectivity index (χ1v) is 9.03. The van der Waals surface area contributed by atoms with Crippen molar-refractivity contribution in [1.29, 1.82) is 0 Å². The first-order valence-electron chi connectivity index (χ1n) is 9.03. The molecule has 0 aliphatic carbocycles. The molecule has 1 aliphatic rings. The highest BCUT2D eigenvalue weighted by Crippen LogP contribution is 2.23. The van der Waals surface area contributed by atoms with Crippen LogP contribution in [0.1, 0.15) is 30.1 Å². The zero-order valence-corrected chi connectivity index (χ0v) is 16.0. The fraction of sp³-hybridized carbons (Fsp3) is 0.300. The average Bonchev–Trinajstić information content (AvgIpc) is 3.02. The number of halogens is 3. The Morgan fingerprint density at radius 1 is 1.14 bits per heavy atom. The summed E-state index contributed by atoms with van der Waals surface area (Å²) in [6.07, 6.45) is 1.92. The second-order valence-electron chi connectivity index (χ2n) is 6.75. The van der Waals surface area contributed by atoms with Gasteiger partial charge in [0.2, 0.25) is 0 Å². The van der Waals surface area contributed by atoms with Crippen LogP contribution >= 0.6 is 12.4 Å². The molecule has 1 aliphatic heterocycles. The summed E-state index contributed by atoms with van der Waals surface area (Å²) in [5.74, 6) is -0.363. The number of hydrogen-bond acceptors (Lipinski definition) is 3. The van der Waals surface area contributed by atoms with Crippen molar-refractivity contribution in [2.24, 2.45) is 0 Å². The SMILES string of the molecule is Cl.O=c1n(Cc2cc(F)ccc2F)nc(C2CCCNC2)n1-c1ccccc1. The number of rotatable bonds is 4. The van der Waals surface area contributed by atoms with E-state index in [1.165, 1.54) is 4.68 Å². The molecule has 4 rings (SSSR count). The lowest BCUT2D eigenvalue weighted by molar-refractivity contribution is 0.439. The van der Waals surface area contributed by atoms with E-state index in [1.54, 1.807) is 4.57 Å². The molecule has 0 amide bonds. The zero-order valence-electron chi connectivity index (χ0n) is 15.1. The molecule has 8 heteroatoms. The Bertz CT molecular complexity index is 997. The molecule has 1 unspecified atom stereocenters. The van der Waals surface area contributed by atoms with Gasteiger partial charge in [0.15, 0.2) is 0 Å². The molecular formula is C20H21ClF2N4O. The minimum atomic E-state index is -0.557. The third-order valence-electron chi connectivity index (χ3n) is 4.87. The van der Waals surface area contributed by atoms with Gasteiger partial charge < -0.3 is 5.32 Å². The highest BCUT2D eigenvalue weighted by Gasteiger charge is 2.25. The van der Waals surface area contributed by atoms with Crippen molar-refractivity contribution in [3.8, 4) is 5.69 Å². The average molecular weight is 407 g/mol. The van der Waals surface area contributed by atoms with Crippen molar-refractivity contribution in [3.05, 3.63) is 82.0 Å². The van der Waals surface area contributed by atoms with Crippen LogP contribution in [0.4, 0.5) is 8.78 Å². The normalized spacial score (nSPS) is 16.6. The summed E-state index contributed by atoms with van der Waals surface area (Å²) < 4.78 is 30.3. The number of aromatic nitrogens is 3. The van der Waals surface area contributed by atoms with Gasteiger partial charge in [-0.15, -0.1) is 12.4 Å². The lowest BCUT2D eigenvalue weighted by Gasteiger charge is -2.22.